The predicted molar refractivity (Wildman–Crippen MR) is 68.5 cm³/mol. The van der Waals surface area contributed by atoms with Gasteiger partial charge in [-0.1, -0.05) is 12.1 Å². The summed E-state index contributed by atoms with van der Waals surface area (Å²) in [5.74, 6) is -1.86. The van der Waals surface area contributed by atoms with Crippen LogP contribution in [0, 0.1) is 11.6 Å². The average molecular weight is 261 g/mol. The first-order chi connectivity index (χ1) is 9.00. The fraction of sp³-hybridized carbons (Fsp3) is 0.200. The SMILES string of the molecule is Nc1ccc2c(c1)CCC2(O)c1ccc(F)c(F)c1. The van der Waals surface area contributed by atoms with Crippen LogP contribution in [-0.2, 0) is 12.0 Å². The molecule has 0 heterocycles. The Kier molecular flexibility index (Phi) is 2.57. The van der Waals surface area contributed by atoms with Gasteiger partial charge in [0.25, 0.3) is 0 Å². The van der Waals surface area contributed by atoms with Gasteiger partial charge in [-0.25, -0.2) is 8.78 Å². The van der Waals surface area contributed by atoms with Gasteiger partial charge in [0.1, 0.15) is 5.60 Å². The smallest absolute Gasteiger partial charge is 0.159 e. The first kappa shape index (κ1) is 12.1. The minimum absolute atomic E-state index is 0.370. The number of rotatable bonds is 1. The van der Waals surface area contributed by atoms with Gasteiger partial charge in [-0.3, -0.25) is 0 Å². The van der Waals surface area contributed by atoms with Gasteiger partial charge >= 0.3 is 0 Å². The van der Waals surface area contributed by atoms with E-state index in [-0.39, 0.29) is 0 Å². The van der Waals surface area contributed by atoms with Crippen LogP contribution in [0.2, 0.25) is 0 Å². The first-order valence-electron chi connectivity index (χ1n) is 6.07. The predicted octanol–water partition coefficient (Wildman–Crippen LogP) is 2.73. The van der Waals surface area contributed by atoms with E-state index in [1.54, 1.807) is 12.1 Å². The minimum atomic E-state index is -1.27. The monoisotopic (exact) mass is 261 g/mol. The fourth-order valence-electron chi connectivity index (χ4n) is 2.73. The number of hydrogen-bond donors (Lipinski definition) is 2. The normalized spacial score (nSPS) is 21.4. The minimum Gasteiger partial charge on any atom is -0.399 e. The Bertz CT molecular complexity index is 657. The zero-order valence-corrected chi connectivity index (χ0v) is 10.2. The molecule has 3 N–H and O–H groups in total. The molecular formula is C15H13F2NO. The Hall–Kier alpha value is -1.94. The Labute approximate surface area is 109 Å². The summed E-state index contributed by atoms with van der Waals surface area (Å²) in [7, 11) is 0. The van der Waals surface area contributed by atoms with Crippen LogP contribution in [-0.4, -0.2) is 5.11 Å². The largest absolute Gasteiger partial charge is 0.399 e. The summed E-state index contributed by atoms with van der Waals surface area (Å²) >= 11 is 0. The van der Waals surface area contributed by atoms with E-state index in [2.05, 4.69) is 0 Å². The van der Waals surface area contributed by atoms with E-state index in [9.17, 15) is 13.9 Å². The molecule has 0 spiro atoms. The molecule has 2 aromatic carbocycles. The molecule has 0 saturated carbocycles. The van der Waals surface area contributed by atoms with E-state index in [0.717, 1.165) is 17.7 Å². The van der Waals surface area contributed by atoms with Crippen molar-refractivity contribution < 1.29 is 13.9 Å². The number of benzene rings is 2. The Morgan fingerprint density at radius 3 is 2.58 bits per heavy atom. The van der Waals surface area contributed by atoms with Crippen LogP contribution in [0.4, 0.5) is 14.5 Å². The molecule has 2 aromatic rings. The lowest BCUT2D eigenvalue weighted by molar-refractivity contribution is 0.0824. The first-order valence-corrected chi connectivity index (χ1v) is 6.07. The van der Waals surface area contributed by atoms with Crippen molar-refractivity contribution in [1.82, 2.24) is 0 Å². The van der Waals surface area contributed by atoms with Gasteiger partial charge in [0, 0.05) is 5.69 Å². The lowest BCUT2D eigenvalue weighted by Crippen LogP contribution is -2.24. The summed E-state index contributed by atoms with van der Waals surface area (Å²) in [6, 6.07) is 8.78. The molecule has 0 amide bonds. The van der Waals surface area contributed by atoms with Crippen molar-refractivity contribution in [3.8, 4) is 0 Å². The molecule has 0 bridgehead atoms. The van der Waals surface area contributed by atoms with Gasteiger partial charge in [-0.15, -0.1) is 0 Å². The van der Waals surface area contributed by atoms with Crippen LogP contribution in [0.3, 0.4) is 0 Å². The maximum Gasteiger partial charge on any atom is 0.159 e. The van der Waals surface area contributed by atoms with E-state index in [0.29, 0.717) is 29.7 Å². The second kappa shape index (κ2) is 4.03. The molecule has 98 valence electrons. The summed E-state index contributed by atoms with van der Waals surface area (Å²) in [4.78, 5) is 0. The molecule has 0 radical (unpaired) electrons. The summed E-state index contributed by atoms with van der Waals surface area (Å²) in [6.45, 7) is 0. The van der Waals surface area contributed by atoms with Crippen molar-refractivity contribution >= 4 is 5.69 Å². The highest BCUT2D eigenvalue weighted by Gasteiger charge is 2.38. The van der Waals surface area contributed by atoms with Crippen LogP contribution in [0.1, 0.15) is 23.1 Å². The Morgan fingerprint density at radius 1 is 1.05 bits per heavy atom. The van der Waals surface area contributed by atoms with Crippen LogP contribution < -0.4 is 5.73 Å². The highest BCUT2D eigenvalue weighted by atomic mass is 19.2. The molecule has 0 aromatic heterocycles. The lowest BCUT2D eigenvalue weighted by atomic mass is 9.88. The average Bonchev–Trinajstić information content (AvgIpc) is 2.71. The number of halogens is 2. The number of anilines is 1. The van der Waals surface area contributed by atoms with E-state index in [4.69, 9.17) is 5.73 Å². The maximum absolute atomic E-state index is 13.3. The van der Waals surface area contributed by atoms with Crippen molar-refractivity contribution in [2.24, 2.45) is 0 Å². The molecule has 1 atom stereocenters. The van der Waals surface area contributed by atoms with Crippen molar-refractivity contribution in [3.05, 3.63) is 64.7 Å². The topological polar surface area (TPSA) is 46.2 Å². The Morgan fingerprint density at radius 2 is 1.84 bits per heavy atom. The summed E-state index contributed by atoms with van der Waals surface area (Å²) in [6.07, 6.45) is 1.10. The van der Waals surface area contributed by atoms with Gasteiger partial charge in [0.15, 0.2) is 11.6 Å². The number of nitrogen functional groups attached to an aromatic ring is 1. The van der Waals surface area contributed by atoms with Gasteiger partial charge in [-0.2, -0.15) is 0 Å². The molecule has 1 aliphatic rings. The number of nitrogens with two attached hydrogens (primary N) is 1. The summed E-state index contributed by atoms with van der Waals surface area (Å²) < 4.78 is 26.3. The maximum atomic E-state index is 13.3. The zero-order chi connectivity index (χ0) is 13.6. The molecule has 0 fully saturated rings. The Balaban J connectivity index is 2.13. The number of aliphatic hydroxyl groups is 1. The van der Waals surface area contributed by atoms with Gasteiger partial charge < -0.3 is 10.8 Å². The van der Waals surface area contributed by atoms with E-state index in [1.165, 1.54) is 6.07 Å². The standard InChI is InChI=1S/C15H13F2NO/c16-13-4-1-10(8-14(13)17)15(19)6-5-9-7-11(18)2-3-12(9)15/h1-4,7-8,19H,5-6,18H2. The third-order valence-electron chi connectivity index (χ3n) is 3.73. The quantitative estimate of drug-likeness (QED) is 0.775. The molecule has 0 saturated heterocycles. The van der Waals surface area contributed by atoms with E-state index < -0.39 is 17.2 Å². The van der Waals surface area contributed by atoms with Crippen LogP contribution in [0.5, 0.6) is 0 Å². The summed E-state index contributed by atoms with van der Waals surface area (Å²) in [5, 5.41) is 10.8. The van der Waals surface area contributed by atoms with Crippen LogP contribution >= 0.6 is 0 Å². The van der Waals surface area contributed by atoms with Crippen LogP contribution in [0.15, 0.2) is 36.4 Å². The van der Waals surface area contributed by atoms with Crippen molar-refractivity contribution in [3.63, 3.8) is 0 Å². The molecule has 1 unspecified atom stereocenters. The molecule has 3 rings (SSSR count). The number of hydrogen-bond acceptors (Lipinski definition) is 2. The molecule has 4 heteroatoms. The molecular weight excluding hydrogens is 248 g/mol. The lowest BCUT2D eigenvalue weighted by Gasteiger charge is -2.25. The fourth-order valence-corrected chi connectivity index (χ4v) is 2.73. The van der Waals surface area contributed by atoms with Gasteiger partial charge in [-0.05, 0) is 53.8 Å². The van der Waals surface area contributed by atoms with E-state index in [1.807, 2.05) is 6.07 Å². The number of aryl methyl sites for hydroxylation is 1. The van der Waals surface area contributed by atoms with E-state index >= 15 is 0 Å². The van der Waals surface area contributed by atoms with Gasteiger partial charge in [0.2, 0.25) is 0 Å². The summed E-state index contributed by atoms with van der Waals surface area (Å²) in [5.41, 5.74) is 7.11. The molecule has 2 nitrogen and oxygen atoms in total. The molecule has 1 aliphatic carbocycles. The zero-order valence-electron chi connectivity index (χ0n) is 10.2. The number of fused-ring (bicyclic) bond motifs is 1. The van der Waals surface area contributed by atoms with Gasteiger partial charge in [0.05, 0.1) is 0 Å². The highest BCUT2D eigenvalue weighted by Crippen LogP contribution is 2.42. The second-order valence-corrected chi connectivity index (χ2v) is 4.91. The van der Waals surface area contributed by atoms with Crippen LogP contribution in [0.25, 0.3) is 0 Å². The second-order valence-electron chi connectivity index (χ2n) is 4.91. The highest BCUT2D eigenvalue weighted by molar-refractivity contribution is 5.52. The molecule has 0 aliphatic heterocycles. The third kappa shape index (κ3) is 1.79. The van der Waals surface area contributed by atoms with Crippen molar-refractivity contribution in [2.75, 3.05) is 5.73 Å². The van der Waals surface area contributed by atoms with Crippen molar-refractivity contribution in [2.45, 2.75) is 18.4 Å². The van der Waals surface area contributed by atoms with Crippen molar-refractivity contribution in [1.29, 1.82) is 0 Å². The molecule has 19 heavy (non-hydrogen) atoms. The third-order valence-corrected chi connectivity index (χ3v) is 3.73.